The summed E-state index contributed by atoms with van der Waals surface area (Å²) in [4.78, 5) is 17.7. The SMILES string of the molecule is Nc1nccc(Oc2cc(Br)cc([N+](=O)[O-])c2)n1. The summed E-state index contributed by atoms with van der Waals surface area (Å²) in [5, 5.41) is 10.7. The Balaban J connectivity index is 2.31. The van der Waals surface area contributed by atoms with Gasteiger partial charge in [-0.2, -0.15) is 4.98 Å². The fourth-order valence-electron chi connectivity index (χ4n) is 1.25. The number of benzene rings is 1. The Morgan fingerprint density at radius 2 is 2.17 bits per heavy atom. The van der Waals surface area contributed by atoms with E-state index in [1.165, 1.54) is 24.4 Å². The molecule has 2 rings (SSSR count). The quantitative estimate of drug-likeness (QED) is 0.690. The van der Waals surface area contributed by atoms with Crippen molar-refractivity contribution in [3.63, 3.8) is 0 Å². The first-order chi connectivity index (χ1) is 8.54. The smallest absolute Gasteiger partial charge is 0.274 e. The van der Waals surface area contributed by atoms with E-state index in [-0.39, 0.29) is 23.3 Å². The molecule has 0 saturated heterocycles. The average molecular weight is 311 g/mol. The summed E-state index contributed by atoms with van der Waals surface area (Å²) in [5.74, 6) is 0.570. The van der Waals surface area contributed by atoms with Crippen LogP contribution in [0.15, 0.2) is 34.9 Å². The zero-order valence-electron chi connectivity index (χ0n) is 8.91. The fraction of sp³-hybridized carbons (Fsp3) is 0. The highest BCUT2D eigenvalue weighted by Gasteiger charge is 2.10. The van der Waals surface area contributed by atoms with E-state index >= 15 is 0 Å². The minimum atomic E-state index is -0.508. The number of halogens is 1. The third kappa shape index (κ3) is 2.92. The largest absolute Gasteiger partial charge is 0.439 e. The van der Waals surface area contributed by atoms with Gasteiger partial charge in [0.25, 0.3) is 5.69 Å². The van der Waals surface area contributed by atoms with Crippen molar-refractivity contribution >= 4 is 27.6 Å². The summed E-state index contributed by atoms with van der Waals surface area (Å²) in [7, 11) is 0. The summed E-state index contributed by atoms with van der Waals surface area (Å²) < 4.78 is 5.90. The Bertz CT molecular complexity index is 605. The predicted octanol–water partition coefficient (Wildman–Crippen LogP) is 2.52. The van der Waals surface area contributed by atoms with Crippen LogP contribution >= 0.6 is 15.9 Å². The molecule has 1 aromatic carbocycles. The molecule has 2 N–H and O–H groups in total. The molecular formula is C10H7BrN4O3. The van der Waals surface area contributed by atoms with Gasteiger partial charge in [-0.05, 0) is 6.07 Å². The van der Waals surface area contributed by atoms with Gasteiger partial charge in [0.1, 0.15) is 5.75 Å². The van der Waals surface area contributed by atoms with Gasteiger partial charge < -0.3 is 10.5 Å². The van der Waals surface area contributed by atoms with Crippen LogP contribution in [0.3, 0.4) is 0 Å². The average Bonchev–Trinajstić information content (AvgIpc) is 2.28. The number of aromatic nitrogens is 2. The molecule has 0 unspecified atom stereocenters. The Morgan fingerprint density at radius 3 is 2.83 bits per heavy atom. The third-order valence-electron chi connectivity index (χ3n) is 1.94. The molecule has 0 saturated carbocycles. The lowest BCUT2D eigenvalue weighted by atomic mass is 10.3. The van der Waals surface area contributed by atoms with Crippen LogP contribution in [0, 0.1) is 10.1 Å². The van der Waals surface area contributed by atoms with E-state index < -0.39 is 4.92 Å². The molecule has 0 amide bonds. The number of non-ortho nitro benzene ring substituents is 1. The fourth-order valence-corrected chi connectivity index (χ4v) is 1.71. The minimum absolute atomic E-state index is 0.0667. The van der Waals surface area contributed by atoms with Crippen molar-refractivity contribution in [2.45, 2.75) is 0 Å². The summed E-state index contributed by atoms with van der Waals surface area (Å²) in [5.41, 5.74) is 5.32. The molecule has 0 spiro atoms. The van der Waals surface area contributed by atoms with Gasteiger partial charge >= 0.3 is 0 Å². The summed E-state index contributed by atoms with van der Waals surface area (Å²) in [6, 6.07) is 5.76. The molecule has 2 aromatic rings. The van der Waals surface area contributed by atoms with Crippen LogP contribution in [0.1, 0.15) is 0 Å². The molecule has 0 aliphatic carbocycles. The van der Waals surface area contributed by atoms with E-state index in [0.29, 0.717) is 4.47 Å². The molecule has 0 radical (unpaired) electrons. The Hall–Kier alpha value is -2.22. The van der Waals surface area contributed by atoms with Crippen molar-refractivity contribution in [3.8, 4) is 11.6 Å². The highest BCUT2D eigenvalue weighted by atomic mass is 79.9. The van der Waals surface area contributed by atoms with Crippen LogP contribution in [0.4, 0.5) is 11.6 Å². The molecule has 0 atom stereocenters. The molecule has 0 aliphatic heterocycles. The molecule has 0 fully saturated rings. The molecule has 1 aromatic heterocycles. The van der Waals surface area contributed by atoms with E-state index in [1.54, 1.807) is 6.07 Å². The van der Waals surface area contributed by atoms with E-state index in [0.717, 1.165) is 0 Å². The zero-order valence-corrected chi connectivity index (χ0v) is 10.5. The number of hydrogen-bond acceptors (Lipinski definition) is 6. The lowest BCUT2D eigenvalue weighted by Crippen LogP contribution is -1.96. The maximum Gasteiger partial charge on any atom is 0.274 e. The molecule has 18 heavy (non-hydrogen) atoms. The first kappa shape index (κ1) is 12.2. The van der Waals surface area contributed by atoms with Gasteiger partial charge in [0.15, 0.2) is 0 Å². The zero-order chi connectivity index (χ0) is 13.1. The number of nitro benzene ring substituents is 1. The number of ether oxygens (including phenoxy) is 1. The minimum Gasteiger partial charge on any atom is -0.439 e. The van der Waals surface area contributed by atoms with Crippen molar-refractivity contribution in [3.05, 3.63) is 45.0 Å². The number of rotatable bonds is 3. The number of nitrogen functional groups attached to an aromatic ring is 1. The van der Waals surface area contributed by atoms with Crippen molar-refractivity contribution in [1.82, 2.24) is 9.97 Å². The van der Waals surface area contributed by atoms with Crippen LogP contribution < -0.4 is 10.5 Å². The molecule has 0 bridgehead atoms. The summed E-state index contributed by atoms with van der Waals surface area (Å²) >= 11 is 3.17. The monoisotopic (exact) mass is 310 g/mol. The topological polar surface area (TPSA) is 104 Å². The van der Waals surface area contributed by atoms with Crippen molar-refractivity contribution in [1.29, 1.82) is 0 Å². The van der Waals surface area contributed by atoms with E-state index in [2.05, 4.69) is 25.9 Å². The second kappa shape index (κ2) is 4.96. The maximum atomic E-state index is 10.7. The van der Waals surface area contributed by atoms with Crippen molar-refractivity contribution in [2.24, 2.45) is 0 Å². The highest BCUT2D eigenvalue weighted by molar-refractivity contribution is 9.10. The van der Waals surface area contributed by atoms with Crippen LogP contribution in [-0.2, 0) is 0 Å². The van der Waals surface area contributed by atoms with Crippen LogP contribution in [0.5, 0.6) is 11.6 Å². The van der Waals surface area contributed by atoms with Gasteiger partial charge in [-0.1, -0.05) is 15.9 Å². The van der Waals surface area contributed by atoms with E-state index in [1.807, 2.05) is 0 Å². The Labute approximate surface area is 110 Å². The Morgan fingerprint density at radius 1 is 1.39 bits per heavy atom. The van der Waals surface area contributed by atoms with Crippen molar-refractivity contribution in [2.75, 3.05) is 5.73 Å². The molecule has 8 heteroatoms. The lowest BCUT2D eigenvalue weighted by molar-refractivity contribution is -0.385. The van der Waals surface area contributed by atoms with Crippen LogP contribution in [0.25, 0.3) is 0 Å². The lowest BCUT2D eigenvalue weighted by Gasteiger charge is -2.05. The van der Waals surface area contributed by atoms with Gasteiger partial charge in [0.2, 0.25) is 11.8 Å². The Kier molecular flexibility index (Phi) is 3.38. The second-order valence-electron chi connectivity index (χ2n) is 3.26. The van der Waals surface area contributed by atoms with Gasteiger partial charge in [0, 0.05) is 22.8 Å². The highest BCUT2D eigenvalue weighted by Crippen LogP contribution is 2.28. The molecule has 7 nitrogen and oxygen atoms in total. The van der Waals surface area contributed by atoms with Gasteiger partial charge in [-0.15, -0.1) is 0 Å². The first-order valence-electron chi connectivity index (χ1n) is 4.76. The normalized spacial score (nSPS) is 10.1. The summed E-state index contributed by atoms with van der Waals surface area (Å²) in [6.45, 7) is 0. The van der Waals surface area contributed by atoms with Crippen LogP contribution in [-0.4, -0.2) is 14.9 Å². The number of nitro groups is 1. The first-order valence-corrected chi connectivity index (χ1v) is 5.55. The second-order valence-corrected chi connectivity index (χ2v) is 4.17. The van der Waals surface area contributed by atoms with Crippen LogP contribution in [0.2, 0.25) is 0 Å². The maximum absolute atomic E-state index is 10.7. The number of hydrogen-bond donors (Lipinski definition) is 1. The molecule has 1 heterocycles. The molecular weight excluding hydrogens is 304 g/mol. The van der Waals surface area contributed by atoms with Gasteiger partial charge in [-0.25, -0.2) is 4.98 Å². The number of anilines is 1. The van der Waals surface area contributed by atoms with Gasteiger partial charge in [0.05, 0.1) is 11.0 Å². The molecule has 92 valence electrons. The van der Waals surface area contributed by atoms with E-state index in [9.17, 15) is 10.1 Å². The number of nitrogens with zero attached hydrogens (tertiary/aromatic N) is 3. The number of nitrogens with two attached hydrogens (primary N) is 1. The molecule has 0 aliphatic rings. The standard InChI is InChI=1S/C10H7BrN4O3/c11-6-3-7(15(16)17)5-8(4-6)18-9-1-2-13-10(12)14-9/h1-5H,(H2,12,13,14). The third-order valence-corrected chi connectivity index (χ3v) is 2.40. The van der Waals surface area contributed by atoms with Gasteiger partial charge in [-0.3, -0.25) is 10.1 Å². The van der Waals surface area contributed by atoms with Crippen molar-refractivity contribution < 1.29 is 9.66 Å². The summed E-state index contributed by atoms with van der Waals surface area (Å²) in [6.07, 6.45) is 1.43. The predicted molar refractivity (Wildman–Crippen MR) is 67.3 cm³/mol. The van der Waals surface area contributed by atoms with E-state index in [4.69, 9.17) is 10.5 Å².